The quantitative estimate of drug-likeness (QED) is 0.708. The molecule has 68 valence electrons. The monoisotopic (exact) mass is 195 g/mol. The molecule has 0 radical (unpaired) electrons. The van der Waals surface area contributed by atoms with Gasteiger partial charge in [0.05, 0.1) is 11.2 Å². The summed E-state index contributed by atoms with van der Waals surface area (Å²) in [4.78, 5) is 4.21. The standard InChI is InChI=1S/C9H10ClN3/c1-6(11)9-7-3-2-4-8(10)13(7)5-12-9/h2-6H,11H2,1H3. The van der Waals surface area contributed by atoms with Crippen LogP contribution in [-0.4, -0.2) is 9.38 Å². The Labute approximate surface area is 81.1 Å². The molecule has 13 heavy (non-hydrogen) atoms. The van der Waals surface area contributed by atoms with E-state index in [0.717, 1.165) is 11.2 Å². The number of hydrogen-bond acceptors (Lipinski definition) is 2. The molecule has 0 amide bonds. The van der Waals surface area contributed by atoms with E-state index in [1.54, 1.807) is 6.33 Å². The van der Waals surface area contributed by atoms with E-state index in [-0.39, 0.29) is 6.04 Å². The smallest absolute Gasteiger partial charge is 0.114 e. The van der Waals surface area contributed by atoms with Crippen molar-refractivity contribution in [2.24, 2.45) is 5.73 Å². The Bertz CT molecular complexity index is 433. The van der Waals surface area contributed by atoms with Gasteiger partial charge in [0.2, 0.25) is 0 Å². The highest BCUT2D eigenvalue weighted by atomic mass is 35.5. The van der Waals surface area contributed by atoms with Crippen molar-refractivity contribution in [2.45, 2.75) is 13.0 Å². The van der Waals surface area contributed by atoms with Crippen molar-refractivity contribution in [3.8, 4) is 0 Å². The molecule has 2 N–H and O–H groups in total. The van der Waals surface area contributed by atoms with Crippen LogP contribution in [0.4, 0.5) is 0 Å². The van der Waals surface area contributed by atoms with E-state index in [2.05, 4.69) is 4.98 Å². The van der Waals surface area contributed by atoms with Crippen molar-refractivity contribution >= 4 is 17.1 Å². The second-order valence-corrected chi connectivity index (χ2v) is 3.41. The van der Waals surface area contributed by atoms with E-state index < -0.39 is 0 Å². The molecule has 4 heteroatoms. The Morgan fingerprint density at radius 3 is 3.00 bits per heavy atom. The van der Waals surface area contributed by atoms with Gasteiger partial charge >= 0.3 is 0 Å². The van der Waals surface area contributed by atoms with E-state index in [1.165, 1.54) is 0 Å². The Balaban J connectivity index is 2.75. The average molecular weight is 196 g/mol. The molecule has 2 heterocycles. The van der Waals surface area contributed by atoms with Gasteiger partial charge in [0.1, 0.15) is 11.5 Å². The van der Waals surface area contributed by atoms with Crippen molar-refractivity contribution in [1.29, 1.82) is 0 Å². The Kier molecular flexibility index (Phi) is 1.98. The lowest BCUT2D eigenvalue weighted by Gasteiger charge is -2.01. The van der Waals surface area contributed by atoms with Crippen molar-refractivity contribution in [2.75, 3.05) is 0 Å². The van der Waals surface area contributed by atoms with E-state index >= 15 is 0 Å². The van der Waals surface area contributed by atoms with Crippen molar-refractivity contribution in [3.63, 3.8) is 0 Å². The van der Waals surface area contributed by atoms with E-state index in [0.29, 0.717) is 5.15 Å². The number of halogens is 1. The fourth-order valence-corrected chi connectivity index (χ4v) is 1.56. The van der Waals surface area contributed by atoms with Crippen LogP contribution in [0.15, 0.2) is 24.5 Å². The summed E-state index contributed by atoms with van der Waals surface area (Å²) in [6, 6.07) is 5.60. The number of aromatic nitrogens is 2. The first-order valence-electron chi connectivity index (χ1n) is 4.07. The first kappa shape index (κ1) is 8.53. The Hall–Kier alpha value is -1.06. The number of nitrogens with two attached hydrogens (primary N) is 1. The summed E-state index contributed by atoms with van der Waals surface area (Å²) in [5.41, 5.74) is 7.61. The lowest BCUT2D eigenvalue weighted by molar-refractivity contribution is 0.796. The van der Waals surface area contributed by atoms with Gasteiger partial charge in [0, 0.05) is 6.04 Å². The molecule has 2 aromatic heterocycles. The minimum absolute atomic E-state index is 0.0662. The van der Waals surface area contributed by atoms with E-state index in [1.807, 2.05) is 29.5 Å². The molecule has 1 atom stereocenters. The van der Waals surface area contributed by atoms with Gasteiger partial charge in [-0.25, -0.2) is 4.98 Å². The van der Waals surface area contributed by atoms with E-state index in [9.17, 15) is 0 Å². The number of hydrogen-bond donors (Lipinski definition) is 1. The van der Waals surface area contributed by atoms with Gasteiger partial charge in [-0.3, -0.25) is 4.40 Å². The molecule has 0 fully saturated rings. The molecule has 0 bridgehead atoms. The second kappa shape index (κ2) is 3.01. The molecule has 0 saturated heterocycles. The number of nitrogens with zero attached hydrogens (tertiary/aromatic N) is 2. The average Bonchev–Trinajstić information content (AvgIpc) is 2.48. The van der Waals surface area contributed by atoms with Crippen LogP contribution < -0.4 is 5.73 Å². The van der Waals surface area contributed by atoms with Gasteiger partial charge in [-0.1, -0.05) is 17.7 Å². The highest BCUT2D eigenvalue weighted by Crippen LogP contribution is 2.19. The van der Waals surface area contributed by atoms with Crippen LogP contribution in [0.3, 0.4) is 0 Å². The first-order chi connectivity index (χ1) is 6.20. The van der Waals surface area contributed by atoms with E-state index in [4.69, 9.17) is 17.3 Å². The lowest BCUT2D eigenvalue weighted by Crippen LogP contribution is -2.05. The summed E-state index contributed by atoms with van der Waals surface area (Å²) < 4.78 is 1.82. The van der Waals surface area contributed by atoms with Gasteiger partial charge < -0.3 is 5.73 Å². The molecule has 0 aliphatic rings. The van der Waals surface area contributed by atoms with Crippen LogP contribution in [0.25, 0.3) is 5.52 Å². The summed E-state index contributed by atoms with van der Waals surface area (Å²) in [6.45, 7) is 1.91. The number of imidazole rings is 1. The molecule has 2 aromatic rings. The molecule has 0 aliphatic heterocycles. The molecule has 0 aliphatic carbocycles. The highest BCUT2D eigenvalue weighted by Gasteiger charge is 2.08. The fraction of sp³-hybridized carbons (Fsp3) is 0.222. The van der Waals surface area contributed by atoms with Gasteiger partial charge in [-0.15, -0.1) is 0 Å². The maximum Gasteiger partial charge on any atom is 0.114 e. The zero-order chi connectivity index (χ0) is 9.42. The van der Waals surface area contributed by atoms with Crippen molar-refractivity contribution in [1.82, 2.24) is 9.38 Å². The second-order valence-electron chi connectivity index (χ2n) is 3.02. The van der Waals surface area contributed by atoms with Crippen LogP contribution >= 0.6 is 11.6 Å². The van der Waals surface area contributed by atoms with Crippen LogP contribution in [0.2, 0.25) is 5.15 Å². The summed E-state index contributed by atoms with van der Waals surface area (Å²) in [5.74, 6) is 0. The molecule has 3 nitrogen and oxygen atoms in total. The van der Waals surface area contributed by atoms with Crippen molar-refractivity contribution in [3.05, 3.63) is 35.4 Å². The molecule has 0 spiro atoms. The zero-order valence-corrected chi connectivity index (χ0v) is 7.99. The van der Waals surface area contributed by atoms with Crippen LogP contribution in [0.1, 0.15) is 18.7 Å². The summed E-state index contributed by atoms with van der Waals surface area (Å²) >= 11 is 5.96. The minimum Gasteiger partial charge on any atom is -0.323 e. The minimum atomic E-state index is -0.0662. The molecule has 0 saturated carbocycles. The zero-order valence-electron chi connectivity index (χ0n) is 7.24. The Morgan fingerprint density at radius 2 is 2.31 bits per heavy atom. The topological polar surface area (TPSA) is 43.3 Å². The number of pyridine rings is 1. The lowest BCUT2D eigenvalue weighted by atomic mass is 10.2. The normalized spacial score (nSPS) is 13.5. The molecular formula is C9H10ClN3. The first-order valence-corrected chi connectivity index (χ1v) is 4.45. The predicted molar refractivity (Wildman–Crippen MR) is 52.8 cm³/mol. The summed E-state index contributed by atoms with van der Waals surface area (Å²) in [7, 11) is 0. The van der Waals surface area contributed by atoms with Gasteiger partial charge in [-0.2, -0.15) is 0 Å². The Morgan fingerprint density at radius 1 is 1.54 bits per heavy atom. The predicted octanol–water partition coefficient (Wildman–Crippen LogP) is 2.01. The molecule has 2 rings (SSSR count). The number of rotatable bonds is 1. The summed E-state index contributed by atoms with van der Waals surface area (Å²) in [5, 5.41) is 0.650. The van der Waals surface area contributed by atoms with Gasteiger partial charge in [-0.05, 0) is 19.1 Å². The largest absolute Gasteiger partial charge is 0.323 e. The van der Waals surface area contributed by atoms with Crippen molar-refractivity contribution < 1.29 is 0 Å². The van der Waals surface area contributed by atoms with Gasteiger partial charge in [0.15, 0.2) is 0 Å². The molecule has 0 aromatic carbocycles. The van der Waals surface area contributed by atoms with Crippen LogP contribution in [-0.2, 0) is 0 Å². The third-order valence-corrected chi connectivity index (χ3v) is 2.29. The van der Waals surface area contributed by atoms with Gasteiger partial charge in [0.25, 0.3) is 0 Å². The third kappa shape index (κ3) is 1.30. The van der Waals surface area contributed by atoms with Crippen LogP contribution in [0, 0.1) is 0 Å². The molecular weight excluding hydrogens is 186 g/mol. The SMILES string of the molecule is CC(N)c1ncn2c(Cl)cccc12. The maximum absolute atomic E-state index is 5.96. The third-order valence-electron chi connectivity index (χ3n) is 1.98. The summed E-state index contributed by atoms with van der Waals surface area (Å²) in [6.07, 6.45) is 1.69. The van der Waals surface area contributed by atoms with Crippen LogP contribution in [0.5, 0.6) is 0 Å². The highest BCUT2D eigenvalue weighted by molar-refractivity contribution is 6.29. The fourth-order valence-electron chi connectivity index (χ4n) is 1.36. The molecule has 1 unspecified atom stereocenters. The maximum atomic E-state index is 5.96. The number of fused-ring (bicyclic) bond motifs is 1.